The molecule has 2 aromatic carbocycles. The first-order valence-corrected chi connectivity index (χ1v) is 12.8. The molecule has 35 heavy (non-hydrogen) atoms. The van der Waals surface area contributed by atoms with Gasteiger partial charge in [0.15, 0.2) is 0 Å². The van der Waals surface area contributed by atoms with Crippen molar-refractivity contribution in [3.63, 3.8) is 0 Å². The maximum absolute atomic E-state index is 13.3. The number of carbonyl (C=O) groups is 3. The third-order valence-electron chi connectivity index (χ3n) is 6.22. The van der Waals surface area contributed by atoms with Crippen LogP contribution in [-0.2, 0) is 19.1 Å². The Morgan fingerprint density at radius 3 is 2.51 bits per heavy atom. The molecule has 4 rings (SSSR count). The van der Waals surface area contributed by atoms with Gasteiger partial charge in [-0.2, -0.15) is 0 Å². The fourth-order valence-electron chi connectivity index (χ4n) is 4.30. The summed E-state index contributed by atoms with van der Waals surface area (Å²) in [6.07, 6.45) is 4.60. The molecule has 1 heterocycles. The second-order valence-corrected chi connectivity index (χ2v) is 9.99. The Hall–Kier alpha value is -3.10. The van der Waals surface area contributed by atoms with E-state index in [1.165, 1.54) is 16.7 Å². The molecule has 7 nitrogen and oxygen atoms in total. The van der Waals surface area contributed by atoms with Gasteiger partial charge in [0.25, 0.3) is 11.8 Å². The van der Waals surface area contributed by atoms with Crippen LogP contribution in [0.4, 0.5) is 11.4 Å². The number of imide groups is 1. The molecule has 0 radical (unpaired) electrons. The summed E-state index contributed by atoms with van der Waals surface area (Å²) < 4.78 is 5.09. The van der Waals surface area contributed by atoms with Gasteiger partial charge in [-0.05, 0) is 56.5 Å². The quantitative estimate of drug-likeness (QED) is 0.360. The Balaban J connectivity index is 1.56. The van der Waals surface area contributed by atoms with Crippen LogP contribution in [0.2, 0.25) is 0 Å². The molecule has 8 heteroatoms. The molecular weight excluding hydrogens is 462 g/mol. The largest absolute Gasteiger partial charge is 0.385 e. The highest BCUT2D eigenvalue weighted by Gasteiger charge is 2.38. The minimum atomic E-state index is -0.347. The summed E-state index contributed by atoms with van der Waals surface area (Å²) in [5, 5.41) is 6.18. The highest BCUT2D eigenvalue weighted by Crippen LogP contribution is 2.37. The van der Waals surface area contributed by atoms with E-state index in [0.29, 0.717) is 23.6 Å². The fourth-order valence-corrected chi connectivity index (χ4v) is 5.30. The van der Waals surface area contributed by atoms with E-state index >= 15 is 0 Å². The van der Waals surface area contributed by atoms with Crippen LogP contribution in [0.25, 0.3) is 0 Å². The number of nitrogens with zero attached hydrogens (tertiary/aromatic N) is 1. The van der Waals surface area contributed by atoms with Crippen LogP contribution in [0.1, 0.15) is 37.7 Å². The van der Waals surface area contributed by atoms with Crippen molar-refractivity contribution in [1.29, 1.82) is 0 Å². The molecule has 0 saturated heterocycles. The van der Waals surface area contributed by atoms with Gasteiger partial charge in [-0.3, -0.25) is 19.3 Å². The minimum absolute atomic E-state index is 0.0435. The van der Waals surface area contributed by atoms with E-state index < -0.39 is 0 Å². The summed E-state index contributed by atoms with van der Waals surface area (Å²) in [5.41, 5.74) is 2.79. The third kappa shape index (κ3) is 6.13. The van der Waals surface area contributed by atoms with E-state index in [4.69, 9.17) is 4.74 Å². The summed E-state index contributed by atoms with van der Waals surface area (Å²) in [4.78, 5) is 41.4. The van der Waals surface area contributed by atoms with Gasteiger partial charge in [0, 0.05) is 42.4 Å². The van der Waals surface area contributed by atoms with Crippen molar-refractivity contribution < 1.29 is 19.1 Å². The molecule has 0 bridgehead atoms. The second-order valence-electron chi connectivity index (χ2n) is 8.90. The van der Waals surface area contributed by atoms with Crippen molar-refractivity contribution in [2.75, 3.05) is 30.9 Å². The summed E-state index contributed by atoms with van der Waals surface area (Å²) in [6, 6.07) is 15.1. The number of methoxy groups -OCH3 is 1. The van der Waals surface area contributed by atoms with Crippen molar-refractivity contribution in [3.8, 4) is 0 Å². The molecule has 2 aliphatic rings. The Morgan fingerprint density at radius 1 is 1.06 bits per heavy atom. The number of aryl methyl sites for hydroxylation is 1. The van der Waals surface area contributed by atoms with Crippen LogP contribution in [0.3, 0.4) is 0 Å². The van der Waals surface area contributed by atoms with E-state index in [0.717, 1.165) is 41.8 Å². The highest BCUT2D eigenvalue weighted by atomic mass is 32.2. The van der Waals surface area contributed by atoms with E-state index in [9.17, 15) is 14.4 Å². The van der Waals surface area contributed by atoms with Crippen LogP contribution in [0, 0.1) is 12.8 Å². The lowest BCUT2D eigenvalue weighted by atomic mass is 10.1. The average molecular weight is 494 g/mol. The molecule has 1 aliphatic heterocycles. The molecule has 2 aromatic rings. The number of thioether (sulfide) groups is 1. The van der Waals surface area contributed by atoms with Crippen LogP contribution < -0.4 is 10.6 Å². The second kappa shape index (κ2) is 11.6. The number of anilines is 2. The van der Waals surface area contributed by atoms with Gasteiger partial charge in [0.05, 0.1) is 0 Å². The van der Waals surface area contributed by atoms with E-state index in [1.54, 1.807) is 7.11 Å². The summed E-state index contributed by atoms with van der Waals surface area (Å²) >= 11 is 1.23. The third-order valence-corrected chi connectivity index (χ3v) is 7.30. The predicted molar refractivity (Wildman–Crippen MR) is 138 cm³/mol. The maximum atomic E-state index is 13.3. The molecule has 0 spiro atoms. The maximum Gasteiger partial charge on any atom is 0.278 e. The lowest BCUT2D eigenvalue weighted by Crippen LogP contribution is -2.33. The van der Waals surface area contributed by atoms with Gasteiger partial charge in [-0.25, -0.2) is 0 Å². The average Bonchev–Trinajstić information content (AvgIpc) is 3.46. The normalized spacial score (nSPS) is 16.3. The van der Waals surface area contributed by atoms with Gasteiger partial charge in [0.2, 0.25) is 5.91 Å². The zero-order chi connectivity index (χ0) is 24.8. The summed E-state index contributed by atoms with van der Waals surface area (Å²) in [6.45, 7) is 2.74. The van der Waals surface area contributed by atoms with E-state index in [1.807, 2.05) is 55.5 Å². The first-order valence-electron chi connectivity index (χ1n) is 12.0. The number of benzene rings is 2. The number of hydrogen-bond acceptors (Lipinski definition) is 6. The van der Waals surface area contributed by atoms with Crippen molar-refractivity contribution in [1.82, 2.24) is 4.90 Å². The van der Waals surface area contributed by atoms with Gasteiger partial charge in [-0.1, -0.05) is 48.4 Å². The molecule has 0 atom stereocenters. The first-order chi connectivity index (χ1) is 17.0. The smallest absolute Gasteiger partial charge is 0.278 e. The Morgan fingerprint density at radius 2 is 1.80 bits per heavy atom. The Bertz CT molecular complexity index is 1120. The summed E-state index contributed by atoms with van der Waals surface area (Å²) in [7, 11) is 1.59. The predicted octanol–water partition coefficient (Wildman–Crippen LogP) is 4.94. The number of rotatable bonds is 10. The zero-order valence-corrected chi connectivity index (χ0v) is 21.0. The molecule has 0 unspecified atom stereocenters. The van der Waals surface area contributed by atoms with Crippen LogP contribution >= 0.6 is 11.8 Å². The number of hydrogen-bond donors (Lipinski definition) is 2. The van der Waals surface area contributed by atoms with Crippen molar-refractivity contribution in [2.45, 2.75) is 43.9 Å². The SMILES string of the molecule is COCCCN1C(=O)C(Nc2ccc(C)cc2)=C(Sc2cccc(NC(=O)C3CCCC3)c2)C1=O. The fraction of sp³-hybridized carbons (Fsp3) is 0.370. The van der Waals surface area contributed by atoms with Crippen molar-refractivity contribution in [3.05, 3.63) is 64.7 Å². The van der Waals surface area contributed by atoms with Gasteiger partial charge in [0.1, 0.15) is 10.6 Å². The highest BCUT2D eigenvalue weighted by molar-refractivity contribution is 8.04. The topological polar surface area (TPSA) is 87.7 Å². The molecule has 1 fully saturated rings. The molecule has 184 valence electrons. The number of carbonyl (C=O) groups excluding carboxylic acids is 3. The molecule has 1 saturated carbocycles. The van der Waals surface area contributed by atoms with Gasteiger partial charge >= 0.3 is 0 Å². The number of amides is 3. The lowest BCUT2D eigenvalue weighted by Gasteiger charge is -2.15. The van der Waals surface area contributed by atoms with Crippen molar-refractivity contribution in [2.24, 2.45) is 5.92 Å². The molecule has 1 aliphatic carbocycles. The first kappa shape index (κ1) is 25.0. The monoisotopic (exact) mass is 493 g/mol. The standard InChI is InChI=1S/C27H31N3O4S/c1-18-11-13-20(14-12-18)28-23-24(27(33)30(26(23)32)15-6-16-34-2)35-22-10-5-9-21(17-22)29-25(31)19-7-3-4-8-19/h5,9-14,17,19,28H,3-4,6-8,15-16H2,1-2H3,(H,29,31). The zero-order valence-electron chi connectivity index (χ0n) is 20.1. The van der Waals surface area contributed by atoms with E-state index in [2.05, 4.69) is 10.6 Å². The number of nitrogens with one attached hydrogen (secondary N) is 2. The van der Waals surface area contributed by atoms with Crippen LogP contribution in [0.15, 0.2) is 64.0 Å². The Labute approximate surface area is 210 Å². The minimum Gasteiger partial charge on any atom is -0.385 e. The molecular formula is C27H31N3O4S. The van der Waals surface area contributed by atoms with Gasteiger partial charge in [-0.15, -0.1) is 0 Å². The van der Waals surface area contributed by atoms with E-state index in [-0.39, 0.29) is 35.9 Å². The molecule has 2 N–H and O–H groups in total. The lowest BCUT2D eigenvalue weighted by molar-refractivity contribution is -0.137. The van der Waals surface area contributed by atoms with Crippen LogP contribution in [-0.4, -0.2) is 42.9 Å². The molecule has 3 amide bonds. The van der Waals surface area contributed by atoms with Gasteiger partial charge < -0.3 is 15.4 Å². The summed E-state index contributed by atoms with van der Waals surface area (Å²) in [5.74, 6) is -0.568. The van der Waals surface area contributed by atoms with Crippen LogP contribution in [0.5, 0.6) is 0 Å². The van der Waals surface area contributed by atoms with Crippen molar-refractivity contribution >= 4 is 40.9 Å². The molecule has 0 aromatic heterocycles. The Kier molecular flexibility index (Phi) is 8.25. The number of ether oxygens (including phenoxy) is 1.